The number of ether oxygens (including phenoxy) is 4. The lowest BCUT2D eigenvalue weighted by Crippen LogP contribution is -2.46. The zero-order valence-electron chi connectivity index (χ0n) is 28.4. The van der Waals surface area contributed by atoms with Crippen LogP contribution in [-0.2, 0) is 29.3 Å². The van der Waals surface area contributed by atoms with Gasteiger partial charge in [-0.1, -0.05) is 100 Å². The summed E-state index contributed by atoms with van der Waals surface area (Å²) in [5.74, 6) is -0.747. The first-order valence-corrected chi connectivity index (χ1v) is 16.3. The molecule has 4 aromatic rings. The van der Waals surface area contributed by atoms with Gasteiger partial charge in [-0.2, -0.15) is 4.98 Å². The van der Waals surface area contributed by atoms with E-state index in [2.05, 4.69) is 5.32 Å². The molecule has 0 amide bonds. The molecular weight excluding hydrogens is 626 g/mol. The number of esters is 2. The average molecular weight is 670 g/mol. The van der Waals surface area contributed by atoms with Crippen molar-refractivity contribution in [1.29, 1.82) is 0 Å². The van der Waals surface area contributed by atoms with Crippen LogP contribution >= 0.6 is 0 Å². The lowest BCUT2D eigenvalue weighted by atomic mass is 9.76. The number of carbonyl (C=O) groups excluding carboxylic acids is 2. The predicted molar refractivity (Wildman–Crippen MR) is 186 cm³/mol. The number of rotatable bonds is 14. The minimum absolute atomic E-state index is 0.0472. The van der Waals surface area contributed by atoms with Gasteiger partial charge in [0.15, 0.2) is 5.82 Å². The van der Waals surface area contributed by atoms with E-state index in [0.29, 0.717) is 12.2 Å². The minimum Gasteiger partial charge on any atom is -0.497 e. The fourth-order valence-corrected chi connectivity index (χ4v) is 5.71. The first-order valence-electron chi connectivity index (χ1n) is 16.3. The molecule has 0 radical (unpaired) electrons. The number of anilines is 3. The molecule has 3 N–H and O–H groups in total. The van der Waals surface area contributed by atoms with Crippen LogP contribution in [0.25, 0.3) is 0 Å². The number of nitrogens with zero attached hydrogens (tertiary/aromatic N) is 3. The Morgan fingerprint density at radius 1 is 0.857 bits per heavy atom. The van der Waals surface area contributed by atoms with Crippen molar-refractivity contribution in [1.82, 2.24) is 9.55 Å². The van der Waals surface area contributed by atoms with Crippen LogP contribution in [0.2, 0.25) is 0 Å². The van der Waals surface area contributed by atoms with Crippen molar-refractivity contribution in [2.24, 2.45) is 11.8 Å². The van der Waals surface area contributed by atoms with Crippen molar-refractivity contribution in [3.63, 3.8) is 0 Å². The number of hydrogen-bond donors (Lipinski definition) is 2. The molecule has 3 aromatic carbocycles. The van der Waals surface area contributed by atoms with E-state index in [9.17, 15) is 14.4 Å². The van der Waals surface area contributed by atoms with Crippen LogP contribution in [0.15, 0.2) is 89.7 Å². The van der Waals surface area contributed by atoms with Gasteiger partial charge in [0, 0.05) is 6.42 Å². The molecule has 0 aliphatic carbocycles. The van der Waals surface area contributed by atoms with Gasteiger partial charge in [0.1, 0.15) is 17.0 Å². The highest BCUT2D eigenvalue weighted by molar-refractivity contribution is 5.74. The first kappa shape index (κ1) is 35.0. The third-order valence-corrected chi connectivity index (χ3v) is 8.22. The lowest BCUT2D eigenvalue weighted by molar-refractivity contribution is -0.182. The number of hydrogen-bond acceptors (Lipinski definition) is 11. The molecule has 0 saturated heterocycles. The van der Waals surface area contributed by atoms with Crippen molar-refractivity contribution >= 4 is 29.4 Å². The van der Waals surface area contributed by atoms with Crippen molar-refractivity contribution in [2.75, 3.05) is 42.9 Å². The summed E-state index contributed by atoms with van der Waals surface area (Å²) in [7, 11) is 1.60. The van der Waals surface area contributed by atoms with Crippen LogP contribution in [0.3, 0.4) is 0 Å². The second-order valence-corrected chi connectivity index (χ2v) is 12.2. The topological polar surface area (TPSA) is 147 Å². The quantitative estimate of drug-likeness (QED) is 0.0813. The highest BCUT2D eigenvalue weighted by atomic mass is 16.7. The van der Waals surface area contributed by atoms with E-state index >= 15 is 0 Å². The number of carbonyl (C=O) groups is 2. The van der Waals surface area contributed by atoms with E-state index in [1.54, 1.807) is 34.8 Å². The number of nitrogens with one attached hydrogen (secondary N) is 1. The fourth-order valence-electron chi connectivity index (χ4n) is 5.71. The Labute approximate surface area is 285 Å². The van der Waals surface area contributed by atoms with Gasteiger partial charge in [-0.05, 0) is 28.8 Å². The zero-order chi connectivity index (χ0) is 35.1. The maximum atomic E-state index is 14.8. The molecule has 12 nitrogen and oxygen atoms in total. The number of fused-ring (bicyclic) bond motifs is 1. The van der Waals surface area contributed by atoms with Gasteiger partial charge in [0.2, 0.25) is 5.95 Å². The molecule has 1 aliphatic rings. The summed E-state index contributed by atoms with van der Waals surface area (Å²) in [6.45, 7) is 7.22. The third-order valence-electron chi connectivity index (χ3n) is 8.22. The molecule has 0 saturated carbocycles. The van der Waals surface area contributed by atoms with E-state index in [1.807, 2.05) is 84.9 Å². The maximum Gasteiger partial charge on any atom is 0.312 e. The van der Waals surface area contributed by atoms with E-state index in [1.165, 1.54) is 9.47 Å². The normalized spacial score (nSPS) is 13.2. The Balaban J connectivity index is 1.61. The van der Waals surface area contributed by atoms with Crippen LogP contribution in [-0.4, -0.2) is 54.9 Å². The van der Waals surface area contributed by atoms with E-state index in [0.717, 1.165) is 16.7 Å². The summed E-state index contributed by atoms with van der Waals surface area (Å²) < 4.78 is 23.9. The number of methoxy groups -OCH3 is 1. The molecular formula is C37H43N5O7. The highest BCUT2D eigenvalue weighted by Crippen LogP contribution is 2.43. The zero-order valence-corrected chi connectivity index (χ0v) is 28.4. The number of benzene rings is 3. The van der Waals surface area contributed by atoms with Crippen LogP contribution in [0.4, 0.5) is 17.5 Å². The molecule has 2 heterocycles. The van der Waals surface area contributed by atoms with Crippen molar-refractivity contribution in [2.45, 2.75) is 46.1 Å². The highest BCUT2D eigenvalue weighted by Gasteiger charge is 2.44. The second kappa shape index (κ2) is 15.2. The second-order valence-electron chi connectivity index (χ2n) is 12.2. The van der Waals surface area contributed by atoms with Crippen LogP contribution < -0.4 is 26.2 Å². The number of nitrogen functional groups attached to an aromatic ring is 1. The SMILES string of the molecule is COc1ccc(C(c2ccccc2)(c2ccccc2)n2c(N)nc3c(c2=O)NCN3C(OCCCOC(=O)C(C)C)OC(=O)C(C)C)cc1. The minimum atomic E-state index is -1.25. The summed E-state index contributed by atoms with van der Waals surface area (Å²) in [5.41, 5.74) is 7.61. The van der Waals surface area contributed by atoms with Gasteiger partial charge >= 0.3 is 11.9 Å². The van der Waals surface area contributed by atoms with Crippen molar-refractivity contribution < 1.29 is 28.5 Å². The predicted octanol–water partition coefficient (Wildman–Crippen LogP) is 4.95. The van der Waals surface area contributed by atoms with Gasteiger partial charge in [0.25, 0.3) is 12.0 Å². The van der Waals surface area contributed by atoms with E-state index < -0.39 is 29.4 Å². The summed E-state index contributed by atoms with van der Waals surface area (Å²) in [6.07, 6.45) is -0.876. The largest absolute Gasteiger partial charge is 0.497 e. The maximum absolute atomic E-state index is 14.8. The number of nitrogens with two attached hydrogens (primary N) is 1. The molecule has 1 unspecified atom stereocenters. The molecule has 1 aromatic heterocycles. The molecule has 0 spiro atoms. The van der Waals surface area contributed by atoms with Gasteiger partial charge in [-0.3, -0.25) is 23.9 Å². The van der Waals surface area contributed by atoms with Gasteiger partial charge in [-0.25, -0.2) is 0 Å². The Kier molecular flexibility index (Phi) is 10.9. The van der Waals surface area contributed by atoms with Crippen LogP contribution in [0.5, 0.6) is 5.75 Å². The Bertz CT molecular complexity index is 1750. The summed E-state index contributed by atoms with van der Waals surface area (Å²) in [4.78, 5) is 45.8. The molecule has 12 heteroatoms. The smallest absolute Gasteiger partial charge is 0.312 e. The molecule has 258 valence electrons. The van der Waals surface area contributed by atoms with Crippen LogP contribution in [0.1, 0.15) is 50.8 Å². The lowest BCUT2D eigenvalue weighted by Gasteiger charge is -2.38. The molecule has 1 atom stereocenters. The van der Waals surface area contributed by atoms with Gasteiger partial charge in [-0.15, -0.1) is 0 Å². The molecule has 49 heavy (non-hydrogen) atoms. The van der Waals surface area contributed by atoms with Crippen LogP contribution in [0, 0.1) is 11.8 Å². The van der Waals surface area contributed by atoms with Gasteiger partial charge in [0.05, 0.1) is 38.8 Å². The molecule has 5 rings (SSSR count). The molecule has 0 bridgehead atoms. The van der Waals surface area contributed by atoms with Crippen molar-refractivity contribution in [3.8, 4) is 5.75 Å². The summed E-state index contributed by atoms with van der Waals surface area (Å²) in [6, 6.07) is 26.7. The molecule has 1 aliphatic heterocycles. The van der Waals surface area contributed by atoms with E-state index in [-0.39, 0.29) is 49.2 Å². The Hall–Kier alpha value is -5.36. The standard InChI is InChI=1S/C37H43N5O7/c1-24(2)33(44)47-21-12-22-48-36(49-34(45)25(3)4)41-23-39-30-31(41)40-35(38)42(32(30)43)37(26-13-8-6-9-14-26,27-15-10-7-11-16-27)28-17-19-29(46-5)20-18-28/h6-11,13-20,24-25,36,39H,12,21-23H2,1-5H3,(H2,38,40). The summed E-state index contributed by atoms with van der Waals surface area (Å²) >= 11 is 0. The molecule has 0 fully saturated rings. The number of aromatic nitrogens is 2. The van der Waals surface area contributed by atoms with E-state index in [4.69, 9.17) is 29.7 Å². The summed E-state index contributed by atoms with van der Waals surface area (Å²) in [5, 5.41) is 3.16. The Morgan fingerprint density at radius 2 is 1.43 bits per heavy atom. The average Bonchev–Trinajstić information content (AvgIpc) is 3.53. The Morgan fingerprint density at radius 3 is 1.98 bits per heavy atom. The third kappa shape index (κ3) is 7.09. The van der Waals surface area contributed by atoms with Crippen molar-refractivity contribution in [3.05, 3.63) is 112 Å². The monoisotopic (exact) mass is 669 g/mol. The van der Waals surface area contributed by atoms with Gasteiger partial charge < -0.3 is 30.0 Å². The first-order chi connectivity index (χ1) is 23.6. The fraction of sp³-hybridized carbons (Fsp3) is 0.351.